The minimum atomic E-state index is -0.352. The molecule has 94 valence electrons. The first-order chi connectivity index (χ1) is 8.47. The molecule has 1 heterocycles. The van der Waals surface area contributed by atoms with Crippen molar-refractivity contribution < 1.29 is 9.18 Å². The van der Waals surface area contributed by atoms with E-state index in [-0.39, 0.29) is 18.0 Å². The Kier molecular flexibility index (Phi) is 4.43. The molecule has 1 aromatic carbocycles. The summed E-state index contributed by atoms with van der Waals surface area (Å²) in [5.41, 5.74) is 1.11. The molecule has 0 saturated heterocycles. The molecule has 6 heteroatoms. The van der Waals surface area contributed by atoms with Crippen molar-refractivity contribution in [2.75, 3.05) is 0 Å². The van der Waals surface area contributed by atoms with Gasteiger partial charge >= 0.3 is 0 Å². The van der Waals surface area contributed by atoms with E-state index in [1.54, 1.807) is 12.1 Å². The number of halogens is 4. The molecule has 18 heavy (non-hydrogen) atoms. The fraction of sp³-hybridized carbons (Fsp3) is 0.0833. The van der Waals surface area contributed by atoms with Crippen molar-refractivity contribution in [2.45, 2.75) is 6.42 Å². The molecule has 2 aromatic rings. The van der Waals surface area contributed by atoms with E-state index in [9.17, 15) is 9.18 Å². The zero-order valence-electron chi connectivity index (χ0n) is 8.84. The van der Waals surface area contributed by atoms with Gasteiger partial charge in [-0.25, -0.2) is 4.39 Å². The van der Waals surface area contributed by atoms with Crippen LogP contribution in [0.15, 0.2) is 28.7 Å². The van der Waals surface area contributed by atoms with E-state index in [4.69, 9.17) is 23.2 Å². The number of thiophene rings is 1. The molecule has 0 aliphatic rings. The Morgan fingerprint density at radius 3 is 2.61 bits per heavy atom. The molecule has 0 unspecified atom stereocenters. The lowest BCUT2D eigenvalue weighted by Gasteiger charge is -2.03. The lowest BCUT2D eigenvalue weighted by Crippen LogP contribution is -2.03. The first-order valence-electron chi connectivity index (χ1n) is 4.89. The third kappa shape index (κ3) is 3.12. The maximum absolute atomic E-state index is 12.9. The summed E-state index contributed by atoms with van der Waals surface area (Å²) in [6.07, 6.45) is 0.146. The van der Waals surface area contributed by atoms with Crippen LogP contribution in [-0.2, 0) is 6.42 Å². The summed E-state index contributed by atoms with van der Waals surface area (Å²) in [7, 11) is 0. The van der Waals surface area contributed by atoms with E-state index in [0.717, 1.165) is 11.3 Å². The molecule has 1 aromatic heterocycles. The Hall–Kier alpha value is -0.420. The number of ketones is 1. The molecule has 0 radical (unpaired) electrons. The lowest BCUT2D eigenvalue weighted by atomic mass is 10.1. The zero-order chi connectivity index (χ0) is 13.3. The van der Waals surface area contributed by atoms with Crippen LogP contribution in [0.2, 0.25) is 8.67 Å². The van der Waals surface area contributed by atoms with E-state index in [1.807, 2.05) is 0 Å². The highest BCUT2D eigenvalue weighted by atomic mass is 79.9. The Bertz CT molecular complexity index is 612. The SMILES string of the molecule is O=C(Cc1ccc(F)cc1Br)c1cc(Cl)sc1Cl. The second kappa shape index (κ2) is 5.70. The largest absolute Gasteiger partial charge is 0.294 e. The minimum absolute atomic E-state index is 0.143. The smallest absolute Gasteiger partial charge is 0.169 e. The first kappa shape index (κ1) is 14.0. The van der Waals surface area contributed by atoms with Crippen molar-refractivity contribution >= 4 is 56.3 Å². The Balaban J connectivity index is 2.24. The number of hydrogen-bond donors (Lipinski definition) is 0. The normalized spacial score (nSPS) is 10.7. The summed E-state index contributed by atoms with van der Waals surface area (Å²) >= 11 is 16.1. The summed E-state index contributed by atoms with van der Waals surface area (Å²) in [5, 5.41) is 0. The Morgan fingerprint density at radius 1 is 1.33 bits per heavy atom. The van der Waals surface area contributed by atoms with Gasteiger partial charge in [0.15, 0.2) is 5.78 Å². The number of rotatable bonds is 3. The van der Waals surface area contributed by atoms with Crippen molar-refractivity contribution in [2.24, 2.45) is 0 Å². The van der Waals surface area contributed by atoms with Crippen LogP contribution in [0, 0.1) is 5.82 Å². The molecule has 0 N–H and O–H groups in total. The molecule has 0 aliphatic heterocycles. The van der Waals surface area contributed by atoms with Gasteiger partial charge in [0.05, 0.1) is 4.34 Å². The number of Topliss-reactive ketones (excluding diaryl/α,β-unsaturated/α-hetero) is 1. The average Bonchev–Trinajstić information content (AvgIpc) is 2.62. The lowest BCUT2D eigenvalue weighted by molar-refractivity contribution is 0.0993. The predicted molar refractivity (Wildman–Crippen MR) is 76.5 cm³/mol. The van der Waals surface area contributed by atoms with E-state index in [0.29, 0.717) is 24.3 Å². The summed E-state index contributed by atoms with van der Waals surface area (Å²) < 4.78 is 14.3. The monoisotopic (exact) mass is 366 g/mol. The van der Waals surface area contributed by atoms with Gasteiger partial charge in [-0.15, -0.1) is 11.3 Å². The molecule has 1 nitrogen and oxygen atoms in total. The third-order valence-electron chi connectivity index (χ3n) is 2.32. The van der Waals surface area contributed by atoms with Gasteiger partial charge in [0.2, 0.25) is 0 Å². The van der Waals surface area contributed by atoms with Crippen molar-refractivity contribution in [3.8, 4) is 0 Å². The van der Waals surface area contributed by atoms with Crippen molar-refractivity contribution in [3.05, 3.63) is 54.4 Å². The maximum atomic E-state index is 12.9. The minimum Gasteiger partial charge on any atom is -0.294 e. The summed E-state index contributed by atoms with van der Waals surface area (Å²) in [4.78, 5) is 12.0. The molecule has 0 atom stereocenters. The Labute approximate surface area is 126 Å². The second-order valence-corrected chi connectivity index (χ2v) is 6.71. The number of benzene rings is 1. The van der Waals surface area contributed by atoms with Crippen LogP contribution in [-0.4, -0.2) is 5.78 Å². The fourth-order valence-electron chi connectivity index (χ4n) is 1.46. The number of carbonyl (C=O) groups is 1. The zero-order valence-corrected chi connectivity index (χ0v) is 12.8. The quantitative estimate of drug-likeness (QED) is 0.665. The molecule has 0 spiro atoms. The van der Waals surface area contributed by atoms with Crippen LogP contribution in [0.25, 0.3) is 0 Å². The molecule has 2 rings (SSSR count). The summed E-state index contributed by atoms with van der Waals surface area (Å²) in [6, 6.07) is 5.76. The van der Waals surface area contributed by atoms with Crippen LogP contribution in [0.5, 0.6) is 0 Å². The fourth-order valence-corrected chi connectivity index (χ4v) is 3.45. The van der Waals surface area contributed by atoms with E-state index in [2.05, 4.69) is 15.9 Å². The van der Waals surface area contributed by atoms with Gasteiger partial charge in [-0.1, -0.05) is 45.2 Å². The van der Waals surface area contributed by atoms with Gasteiger partial charge in [-0.3, -0.25) is 4.79 Å². The van der Waals surface area contributed by atoms with Gasteiger partial charge < -0.3 is 0 Å². The van der Waals surface area contributed by atoms with Gasteiger partial charge in [0.25, 0.3) is 0 Å². The predicted octanol–water partition coefficient (Wildman–Crippen LogP) is 5.38. The van der Waals surface area contributed by atoms with Crippen LogP contribution < -0.4 is 0 Å². The van der Waals surface area contributed by atoms with Crippen molar-refractivity contribution in [1.29, 1.82) is 0 Å². The highest BCUT2D eigenvalue weighted by molar-refractivity contribution is 9.10. The topological polar surface area (TPSA) is 17.1 Å². The summed E-state index contributed by atoms with van der Waals surface area (Å²) in [5.74, 6) is -0.495. The van der Waals surface area contributed by atoms with E-state index in [1.165, 1.54) is 12.1 Å². The number of carbonyl (C=O) groups excluding carboxylic acids is 1. The van der Waals surface area contributed by atoms with Gasteiger partial charge in [0.1, 0.15) is 10.2 Å². The van der Waals surface area contributed by atoms with Crippen LogP contribution in [0.1, 0.15) is 15.9 Å². The van der Waals surface area contributed by atoms with Crippen LogP contribution >= 0.6 is 50.5 Å². The molecule has 0 amide bonds. The van der Waals surface area contributed by atoms with Crippen LogP contribution in [0.3, 0.4) is 0 Å². The van der Waals surface area contributed by atoms with Gasteiger partial charge in [-0.2, -0.15) is 0 Å². The number of hydrogen-bond acceptors (Lipinski definition) is 2. The summed E-state index contributed by atoms with van der Waals surface area (Å²) in [6.45, 7) is 0. The van der Waals surface area contributed by atoms with Crippen LogP contribution in [0.4, 0.5) is 4.39 Å². The maximum Gasteiger partial charge on any atom is 0.169 e. The average molecular weight is 368 g/mol. The van der Waals surface area contributed by atoms with Crippen molar-refractivity contribution in [3.63, 3.8) is 0 Å². The second-order valence-electron chi connectivity index (χ2n) is 3.57. The molecule has 0 saturated carbocycles. The molecule has 0 bridgehead atoms. The van der Waals surface area contributed by atoms with E-state index < -0.39 is 0 Å². The first-order valence-corrected chi connectivity index (χ1v) is 7.26. The highest BCUT2D eigenvalue weighted by Gasteiger charge is 2.16. The van der Waals surface area contributed by atoms with Gasteiger partial charge in [-0.05, 0) is 23.8 Å². The molecular formula is C12H6BrCl2FOS. The standard InChI is InChI=1S/C12H6BrCl2FOS/c13-9-4-7(16)2-1-6(9)3-10(17)8-5-11(14)18-12(8)15/h1-2,4-5H,3H2. The molecule has 0 fully saturated rings. The highest BCUT2D eigenvalue weighted by Crippen LogP contribution is 2.32. The van der Waals surface area contributed by atoms with Crippen molar-refractivity contribution in [1.82, 2.24) is 0 Å². The Morgan fingerprint density at radius 2 is 2.06 bits per heavy atom. The molecular weight excluding hydrogens is 362 g/mol. The van der Waals surface area contributed by atoms with E-state index >= 15 is 0 Å². The molecule has 0 aliphatic carbocycles. The third-order valence-corrected chi connectivity index (χ3v) is 4.55. The van der Waals surface area contributed by atoms with Gasteiger partial charge in [0, 0.05) is 16.5 Å².